The molecule has 2 aromatic rings. The number of imide groups is 1. The monoisotopic (exact) mass is 343 g/mol. The van der Waals surface area contributed by atoms with Crippen molar-refractivity contribution in [3.8, 4) is 0 Å². The molecule has 6 nitrogen and oxygen atoms in total. The zero-order chi connectivity index (χ0) is 17.1. The summed E-state index contributed by atoms with van der Waals surface area (Å²) in [4.78, 5) is 39.0. The van der Waals surface area contributed by atoms with E-state index in [9.17, 15) is 14.4 Å². The van der Waals surface area contributed by atoms with Crippen LogP contribution in [0.3, 0.4) is 0 Å². The molecule has 24 heavy (non-hydrogen) atoms. The second-order valence-corrected chi connectivity index (χ2v) is 6.37. The topological polar surface area (TPSA) is 69.7 Å². The van der Waals surface area contributed by atoms with Crippen molar-refractivity contribution in [3.05, 3.63) is 57.8 Å². The van der Waals surface area contributed by atoms with Gasteiger partial charge in [0.05, 0.1) is 13.1 Å². The van der Waals surface area contributed by atoms with Crippen molar-refractivity contribution < 1.29 is 14.4 Å². The summed E-state index contributed by atoms with van der Waals surface area (Å²) in [6.45, 7) is 0.617. The molecule has 0 spiro atoms. The van der Waals surface area contributed by atoms with Gasteiger partial charge in [-0.1, -0.05) is 18.2 Å². The molecular formula is C17H17N3O3S. The molecule has 1 aliphatic rings. The Bertz CT molecular complexity index is 757. The third-order valence-electron chi connectivity index (χ3n) is 3.86. The van der Waals surface area contributed by atoms with Crippen molar-refractivity contribution in [2.24, 2.45) is 0 Å². The Hall–Kier alpha value is -2.67. The third-order valence-corrected chi connectivity index (χ3v) is 4.59. The number of benzene rings is 1. The number of amides is 4. The zero-order valence-electron chi connectivity index (χ0n) is 13.2. The molecular weight excluding hydrogens is 326 g/mol. The van der Waals surface area contributed by atoms with Gasteiger partial charge in [-0.05, 0) is 34.0 Å². The van der Waals surface area contributed by atoms with Crippen molar-refractivity contribution in [2.75, 3.05) is 13.6 Å². The van der Waals surface area contributed by atoms with Gasteiger partial charge in [0.25, 0.3) is 5.91 Å². The normalized spacial score (nSPS) is 14.0. The molecule has 1 aromatic heterocycles. The van der Waals surface area contributed by atoms with E-state index in [2.05, 4.69) is 5.32 Å². The summed E-state index contributed by atoms with van der Waals surface area (Å²) >= 11 is 1.59. The highest BCUT2D eigenvalue weighted by Crippen LogP contribution is 2.17. The zero-order valence-corrected chi connectivity index (χ0v) is 14.0. The van der Waals surface area contributed by atoms with Crippen LogP contribution in [0.15, 0.2) is 41.1 Å². The Morgan fingerprint density at radius 1 is 1.29 bits per heavy atom. The summed E-state index contributed by atoms with van der Waals surface area (Å²) < 4.78 is 0. The molecule has 7 heteroatoms. The van der Waals surface area contributed by atoms with E-state index < -0.39 is 6.03 Å². The van der Waals surface area contributed by atoms with Gasteiger partial charge in [0.15, 0.2) is 0 Å². The largest absolute Gasteiger partial charge is 0.337 e. The number of thiophene rings is 1. The second-order valence-electron chi connectivity index (χ2n) is 5.59. The highest BCUT2D eigenvalue weighted by Gasteiger charge is 2.29. The highest BCUT2D eigenvalue weighted by atomic mass is 32.1. The number of carbonyl (C=O) groups is 3. The minimum atomic E-state index is -0.422. The maximum Gasteiger partial charge on any atom is 0.324 e. The van der Waals surface area contributed by atoms with E-state index in [1.165, 1.54) is 0 Å². The first-order valence-electron chi connectivity index (χ1n) is 7.49. The maximum atomic E-state index is 12.8. The number of hydrogen-bond donors (Lipinski definition) is 1. The van der Waals surface area contributed by atoms with Gasteiger partial charge >= 0.3 is 6.03 Å². The molecule has 4 amide bonds. The number of nitrogens with one attached hydrogen (secondary N) is 1. The highest BCUT2D eigenvalue weighted by molar-refractivity contribution is 7.07. The summed E-state index contributed by atoms with van der Waals surface area (Å²) in [5.41, 5.74) is 2.23. The van der Waals surface area contributed by atoms with Crippen molar-refractivity contribution in [3.63, 3.8) is 0 Å². The van der Waals surface area contributed by atoms with E-state index in [0.29, 0.717) is 17.7 Å². The summed E-state index contributed by atoms with van der Waals surface area (Å²) in [6, 6.07) is 8.62. The van der Waals surface area contributed by atoms with Gasteiger partial charge in [0.2, 0.25) is 5.91 Å². The molecule has 0 saturated carbocycles. The van der Waals surface area contributed by atoms with Crippen LogP contribution in [0, 0.1) is 0 Å². The fourth-order valence-corrected chi connectivity index (χ4v) is 3.25. The van der Waals surface area contributed by atoms with Crippen LogP contribution >= 0.6 is 11.3 Å². The van der Waals surface area contributed by atoms with Crippen molar-refractivity contribution in [1.82, 2.24) is 15.1 Å². The fraction of sp³-hybridized carbons (Fsp3) is 0.235. The summed E-state index contributed by atoms with van der Waals surface area (Å²) in [6.07, 6.45) is 0. The lowest BCUT2D eigenvalue weighted by Crippen LogP contribution is -2.32. The van der Waals surface area contributed by atoms with E-state index in [0.717, 1.165) is 10.5 Å². The van der Waals surface area contributed by atoms with Crippen molar-refractivity contribution in [2.45, 2.75) is 13.1 Å². The van der Waals surface area contributed by atoms with E-state index in [1.807, 2.05) is 16.8 Å². The van der Waals surface area contributed by atoms with E-state index in [1.54, 1.807) is 47.5 Å². The van der Waals surface area contributed by atoms with E-state index >= 15 is 0 Å². The first kappa shape index (κ1) is 16.2. The Kier molecular flexibility index (Phi) is 4.61. The first-order chi connectivity index (χ1) is 11.6. The van der Waals surface area contributed by atoms with Gasteiger partial charge in [0.1, 0.15) is 0 Å². The summed E-state index contributed by atoms with van der Waals surface area (Å²) in [5.74, 6) is -0.419. The molecule has 0 aliphatic carbocycles. The lowest BCUT2D eigenvalue weighted by atomic mass is 10.1. The predicted molar refractivity (Wildman–Crippen MR) is 90.5 cm³/mol. The van der Waals surface area contributed by atoms with Crippen LogP contribution in [0.5, 0.6) is 0 Å². The Morgan fingerprint density at radius 3 is 2.75 bits per heavy atom. The molecule has 1 fully saturated rings. The van der Waals surface area contributed by atoms with Gasteiger partial charge in [0, 0.05) is 19.2 Å². The SMILES string of the molecule is CN(Cc1ccsc1)C(=O)c1ccccc1CN1C(=O)CNC1=O. The van der Waals surface area contributed by atoms with Gasteiger partial charge < -0.3 is 10.2 Å². The molecule has 124 valence electrons. The fourth-order valence-electron chi connectivity index (χ4n) is 2.59. The lowest BCUT2D eigenvalue weighted by Gasteiger charge is -2.20. The maximum absolute atomic E-state index is 12.8. The van der Waals surface area contributed by atoms with Gasteiger partial charge in [-0.15, -0.1) is 0 Å². The third kappa shape index (κ3) is 3.30. The quantitative estimate of drug-likeness (QED) is 0.845. The average Bonchev–Trinajstić information content (AvgIpc) is 3.20. The predicted octanol–water partition coefficient (Wildman–Crippen LogP) is 2.07. The van der Waals surface area contributed by atoms with E-state index in [-0.39, 0.29) is 24.9 Å². The second kappa shape index (κ2) is 6.84. The molecule has 0 bridgehead atoms. The molecule has 0 unspecified atom stereocenters. The molecule has 1 aliphatic heterocycles. The van der Waals surface area contributed by atoms with Gasteiger partial charge in [-0.3, -0.25) is 14.5 Å². The van der Waals surface area contributed by atoms with Crippen LogP contribution in [0.2, 0.25) is 0 Å². The Balaban J connectivity index is 1.79. The minimum absolute atomic E-state index is 0.00695. The van der Waals surface area contributed by atoms with Crippen LogP contribution in [-0.4, -0.2) is 41.2 Å². The first-order valence-corrected chi connectivity index (χ1v) is 8.43. The summed E-state index contributed by atoms with van der Waals surface area (Å²) in [5, 5.41) is 6.46. The van der Waals surface area contributed by atoms with Gasteiger partial charge in [-0.2, -0.15) is 11.3 Å². The number of urea groups is 1. The standard InChI is InChI=1S/C17H17N3O3S/c1-19(9-12-6-7-24-11-12)16(22)14-5-3-2-4-13(14)10-20-15(21)8-18-17(20)23/h2-7,11H,8-10H2,1H3,(H,18,23). The minimum Gasteiger partial charge on any atom is -0.337 e. The number of hydrogen-bond acceptors (Lipinski definition) is 4. The van der Waals surface area contributed by atoms with Crippen LogP contribution < -0.4 is 5.32 Å². The van der Waals surface area contributed by atoms with Gasteiger partial charge in [-0.25, -0.2) is 4.79 Å². The summed E-state index contributed by atoms with van der Waals surface area (Å²) in [7, 11) is 1.74. The van der Waals surface area contributed by atoms with Crippen LogP contribution in [0.1, 0.15) is 21.5 Å². The Morgan fingerprint density at radius 2 is 2.08 bits per heavy atom. The van der Waals surface area contributed by atoms with Crippen LogP contribution in [-0.2, 0) is 17.9 Å². The number of rotatable bonds is 5. The van der Waals surface area contributed by atoms with Crippen LogP contribution in [0.25, 0.3) is 0 Å². The van der Waals surface area contributed by atoms with Crippen molar-refractivity contribution >= 4 is 29.2 Å². The number of carbonyl (C=O) groups excluding carboxylic acids is 3. The molecule has 1 saturated heterocycles. The van der Waals surface area contributed by atoms with E-state index in [4.69, 9.17) is 0 Å². The van der Waals surface area contributed by atoms with Crippen LogP contribution in [0.4, 0.5) is 4.79 Å². The smallest absolute Gasteiger partial charge is 0.324 e. The molecule has 1 aromatic carbocycles. The number of nitrogens with zero attached hydrogens (tertiary/aromatic N) is 2. The van der Waals surface area contributed by atoms with Crippen molar-refractivity contribution in [1.29, 1.82) is 0 Å². The lowest BCUT2D eigenvalue weighted by molar-refractivity contribution is -0.125. The molecule has 0 radical (unpaired) electrons. The Labute approximate surface area is 143 Å². The molecule has 3 rings (SSSR count). The average molecular weight is 343 g/mol. The molecule has 0 atom stereocenters. The molecule has 1 N–H and O–H groups in total. The molecule has 2 heterocycles.